The molecule has 30 heavy (non-hydrogen) atoms. The predicted octanol–water partition coefficient (Wildman–Crippen LogP) is 7.75. The van der Waals surface area contributed by atoms with E-state index in [1.54, 1.807) is 12.1 Å². The third-order valence-electron chi connectivity index (χ3n) is 5.72. The number of benzene rings is 3. The van der Waals surface area contributed by atoms with Crippen LogP contribution in [0.1, 0.15) is 42.9 Å². The summed E-state index contributed by atoms with van der Waals surface area (Å²) in [6, 6.07) is 19.3. The monoisotopic (exact) mass is 410 g/mol. The Labute approximate surface area is 175 Å². The Balaban J connectivity index is 1.55. The number of fused-ring (bicyclic) bond motifs is 3. The number of aryl methyl sites for hydroxylation is 3. The summed E-state index contributed by atoms with van der Waals surface area (Å²) in [7, 11) is 0. The molecule has 3 aromatic rings. The first-order valence-corrected chi connectivity index (χ1v) is 10.5. The van der Waals surface area contributed by atoms with Gasteiger partial charge in [0.25, 0.3) is 0 Å². The highest BCUT2D eigenvalue weighted by molar-refractivity contribution is 5.77. The summed E-state index contributed by atoms with van der Waals surface area (Å²) in [5.74, 6) is -0.201. The summed E-state index contributed by atoms with van der Waals surface area (Å²) in [6.07, 6.45) is 2.21. The Morgan fingerprint density at radius 3 is 2.07 bits per heavy atom. The van der Waals surface area contributed by atoms with Crippen molar-refractivity contribution in [2.45, 2.75) is 51.8 Å². The molecule has 0 aliphatic heterocycles. The second kappa shape index (κ2) is 8.55. The van der Waals surface area contributed by atoms with Crippen LogP contribution < -0.4 is 4.74 Å². The molecule has 0 saturated heterocycles. The van der Waals surface area contributed by atoms with Crippen LogP contribution in [0, 0.1) is 0 Å². The van der Waals surface area contributed by atoms with Gasteiger partial charge in [0.15, 0.2) is 0 Å². The fourth-order valence-corrected chi connectivity index (χ4v) is 4.21. The topological polar surface area (TPSA) is 9.23 Å². The highest BCUT2D eigenvalue weighted by atomic mass is 19.4. The van der Waals surface area contributed by atoms with Crippen LogP contribution in [0.3, 0.4) is 0 Å². The highest BCUT2D eigenvalue weighted by Gasteiger charge is 2.31. The molecule has 0 fully saturated rings. The summed E-state index contributed by atoms with van der Waals surface area (Å²) in [4.78, 5) is 0. The minimum Gasteiger partial charge on any atom is -0.406 e. The molecule has 0 amide bonds. The van der Waals surface area contributed by atoms with E-state index in [0.29, 0.717) is 0 Å². The molecule has 4 heteroatoms. The zero-order valence-electron chi connectivity index (χ0n) is 17.1. The maximum Gasteiger partial charge on any atom is 0.573 e. The van der Waals surface area contributed by atoms with Crippen LogP contribution in [0.2, 0.25) is 0 Å². The van der Waals surface area contributed by atoms with Crippen molar-refractivity contribution < 1.29 is 17.9 Å². The molecular formula is C26H25F3O. The number of alkyl halides is 3. The standard InChI is InChI=1S/C26H25F3O/c1-2-3-4-5-18-6-14-24-21(16-18)7-8-22-17-20(11-15-25(22)24)19-9-12-23(13-10-19)30-26(27,28)29/h6,9-17H,2-5,7-8H2,1H3. The Bertz CT molecular complexity index is 1020. The van der Waals surface area contributed by atoms with Crippen molar-refractivity contribution in [1.82, 2.24) is 0 Å². The Morgan fingerprint density at radius 1 is 0.767 bits per heavy atom. The smallest absolute Gasteiger partial charge is 0.406 e. The molecule has 0 aromatic heterocycles. The van der Waals surface area contributed by atoms with E-state index in [4.69, 9.17) is 0 Å². The van der Waals surface area contributed by atoms with Crippen molar-refractivity contribution in [3.05, 3.63) is 77.4 Å². The van der Waals surface area contributed by atoms with Gasteiger partial charge in [-0.2, -0.15) is 0 Å². The van der Waals surface area contributed by atoms with Gasteiger partial charge < -0.3 is 4.74 Å². The molecule has 4 rings (SSSR count). The van der Waals surface area contributed by atoms with Crippen molar-refractivity contribution in [3.8, 4) is 28.0 Å². The van der Waals surface area contributed by atoms with Gasteiger partial charge in [-0.05, 0) is 76.8 Å². The van der Waals surface area contributed by atoms with Gasteiger partial charge in [-0.15, -0.1) is 13.2 Å². The predicted molar refractivity (Wildman–Crippen MR) is 115 cm³/mol. The second-order valence-electron chi connectivity index (χ2n) is 7.89. The average molecular weight is 410 g/mol. The number of rotatable bonds is 6. The highest BCUT2D eigenvalue weighted by Crippen LogP contribution is 2.37. The van der Waals surface area contributed by atoms with Crippen molar-refractivity contribution in [1.29, 1.82) is 0 Å². The molecule has 0 radical (unpaired) electrons. The van der Waals surface area contributed by atoms with Crippen molar-refractivity contribution in [2.75, 3.05) is 0 Å². The quantitative estimate of drug-likeness (QED) is 0.378. The summed E-state index contributed by atoms with van der Waals surface area (Å²) in [6.45, 7) is 2.22. The lowest BCUT2D eigenvalue weighted by Crippen LogP contribution is -2.16. The molecule has 1 nitrogen and oxygen atoms in total. The average Bonchev–Trinajstić information content (AvgIpc) is 2.73. The van der Waals surface area contributed by atoms with Gasteiger partial charge in [-0.1, -0.05) is 68.3 Å². The molecule has 0 atom stereocenters. The van der Waals surface area contributed by atoms with Gasteiger partial charge in [0.1, 0.15) is 5.75 Å². The fourth-order valence-electron chi connectivity index (χ4n) is 4.21. The molecule has 1 aliphatic carbocycles. The van der Waals surface area contributed by atoms with E-state index < -0.39 is 6.36 Å². The SMILES string of the molecule is CCCCCc1ccc2c(c1)CCc1cc(-c3ccc(OC(F)(F)F)cc3)ccc1-2. The number of unbranched alkanes of at least 4 members (excludes halogenated alkanes) is 2. The Hall–Kier alpha value is -2.75. The van der Waals surface area contributed by atoms with E-state index in [9.17, 15) is 13.2 Å². The van der Waals surface area contributed by atoms with Crippen molar-refractivity contribution >= 4 is 0 Å². The lowest BCUT2D eigenvalue weighted by Gasteiger charge is -2.22. The van der Waals surface area contributed by atoms with Crippen molar-refractivity contribution in [3.63, 3.8) is 0 Å². The summed E-state index contributed by atoms with van der Waals surface area (Å²) in [5.41, 5.74) is 8.57. The normalized spacial score (nSPS) is 12.9. The first-order chi connectivity index (χ1) is 14.4. The third-order valence-corrected chi connectivity index (χ3v) is 5.72. The van der Waals surface area contributed by atoms with E-state index in [1.807, 2.05) is 6.07 Å². The fraction of sp³-hybridized carbons (Fsp3) is 0.308. The minimum atomic E-state index is -4.67. The molecule has 0 N–H and O–H groups in total. The molecule has 1 aliphatic rings. The van der Waals surface area contributed by atoms with Crippen LogP contribution in [0.5, 0.6) is 5.75 Å². The van der Waals surface area contributed by atoms with Gasteiger partial charge in [0, 0.05) is 0 Å². The summed E-state index contributed by atoms with van der Waals surface area (Å²) in [5, 5.41) is 0. The molecule has 3 aromatic carbocycles. The number of halogens is 3. The first kappa shape index (κ1) is 20.5. The van der Waals surface area contributed by atoms with E-state index in [2.05, 4.69) is 42.0 Å². The first-order valence-electron chi connectivity index (χ1n) is 10.5. The lowest BCUT2D eigenvalue weighted by atomic mass is 9.83. The lowest BCUT2D eigenvalue weighted by molar-refractivity contribution is -0.274. The maximum absolute atomic E-state index is 12.4. The number of ether oxygens (including phenoxy) is 1. The van der Waals surface area contributed by atoms with Crippen LogP contribution in [0.25, 0.3) is 22.3 Å². The van der Waals surface area contributed by atoms with Gasteiger partial charge in [0.05, 0.1) is 0 Å². The van der Waals surface area contributed by atoms with Crippen LogP contribution in [-0.4, -0.2) is 6.36 Å². The van der Waals surface area contributed by atoms with Gasteiger partial charge in [-0.25, -0.2) is 0 Å². The molecule has 0 saturated carbocycles. The van der Waals surface area contributed by atoms with Crippen LogP contribution >= 0.6 is 0 Å². The molecule has 0 heterocycles. The van der Waals surface area contributed by atoms with Crippen LogP contribution in [0.15, 0.2) is 60.7 Å². The minimum absolute atomic E-state index is 0.201. The molecule has 156 valence electrons. The zero-order valence-corrected chi connectivity index (χ0v) is 17.1. The second-order valence-corrected chi connectivity index (χ2v) is 7.89. The van der Waals surface area contributed by atoms with Gasteiger partial charge in [0.2, 0.25) is 0 Å². The van der Waals surface area contributed by atoms with Crippen molar-refractivity contribution in [2.24, 2.45) is 0 Å². The molecular weight excluding hydrogens is 385 g/mol. The molecule has 0 spiro atoms. The van der Waals surface area contributed by atoms with Gasteiger partial charge in [-0.3, -0.25) is 0 Å². The number of hydrogen-bond acceptors (Lipinski definition) is 1. The largest absolute Gasteiger partial charge is 0.573 e. The summed E-state index contributed by atoms with van der Waals surface area (Å²) >= 11 is 0. The zero-order chi connectivity index (χ0) is 21.1. The Morgan fingerprint density at radius 2 is 1.40 bits per heavy atom. The van der Waals surface area contributed by atoms with Gasteiger partial charge >= 0.3 is 6.36 Å². The number of hydrogen-bond donors (Lipinski definition) is 0. The van der Waals surface area contributed by atoms with E-state index in [1.165, 1.54) is 59.2 Å². The third kappa shape index (κ3) is 4.69. The van der Waals surface area contributed by atoms with E-state index in [-0.39, 0.29) is 5.75 Å². The molecule has 0 bridgehead atoms. The maximum atomic E-state index is 12.4. The molecule has 0 unspecified atom stereocenters. The van der Waals surface area contributed by atoms with E-state index in [0.717, 1.165) is 30.4 Å². The Kier molecular flexibility index (Phi) is 5.85. The van der Waals surface area contributed by atoms with Crippen LogP contribution in [0.4, 0.5) is 13.2 Å². The van der Waals surface area contributed by atoms with E-state index >= 15 is 0 Å². The van der Waals surface area contributed by atoms with Crippen LogP contribution in [-0.2, 0) is 19.3 Å². The summed E-state index contributed by atoms with van der Waals surface area (Å²) < 4.78 is 41.0.